The fraction of sp³-hybridized carbons (Fsp3) is 0.522. The van der Waals surface area contributed by atoms with Gasteiger partial charge in [-0.25, -0.2) is 4.98 Å². The molecule has 8 nitrogen and oxygen atoms in total. The van der Waals surface area contributed by atoms with Crippen molar-refractivity contribution in [3.63, 3.8) is 0 Å². The van der Waals surface area contributed by atoms with E-state index in [4.69, 9.17) is 21.1 Å². The first-order valence-electron chi connectivity index (χ1n) is 11.1. The Hall–Kier alpha value is -2.42. The zero-order valence-electron chi connectivity index (χ0n) is 18.1. The van der Waals surface area contributed by atoms with Crippen molar-refractivity contribution in [1.29, 1.82) is 0 Å². The first-order valence-corrected chi connectivity index (χ1v) is 11.5. The van der Waals surface area contributed by atoms with Crippen molar-refractivity contribution in [1.82, 2.24) is 19.4 Å². The van der Waals surface area contributed by atoms with E-state index in [0.29, 0.717) is 69.4 Å². The third kappa shape index (κ3) is 3.70. The van der Waals surface area contributed by atoms with E-state index in [1.807, 2.05) is 33.6 Å². The molecule has 170 valence electrons. The van der Waals surface area contributed by atoms with E-state index in [9.17, 15) is 9.59 Å². The Morgan fingerprint density at radius 1 is 1.12 bits per heavy atom. The third-order valence-corrected chi connectivity index (χ3v) is 7.22. The number of imidazole rings is 1. The number of likely N-dealkylation sites (tertiary alicyclic amines) is 1. The van der Waals surface area contributed by atoms with Crippen LogP contribution in [0, 0.1) is 6.92 Å². The highest BCUT2D eigenvalue weighted by atomic mass is 35.5. The van der Waals surface area contributed by atoms with Gasteiger partial charge in [-0.1, -0.05) is 17.7 Å². The summed E-state index contributed by atoms with van der Waals surface area (Å²) in [7, 11) is 0. The van der Waals surface area contributed by atoms with Gasteiger partial charge >= 0.3 is 0 Å². The van der Waals surface area contributed by atoms with Crippen molar-refractivity contribution in [2.24, 2.45) is 0 Å². The van der Waals surface area contributed by atoms with Crippen molar-refractivity contribution < 1.29 is 19.1 Å². The first kappa shape index (κ1) is 21.4. The predicted octanol–water partition coefficient (Wildman–Crippen LogP) is 2.23. The second-order valence-electron chi connectivity index (χ2n) is 8.65. The second kappa shape index (κ2) is 8.50. The molecule has 0 saturated carbocycles. The first-order chi connectivity index (χ1) is 15.5. The van der Waals surface area contributed by atoms with E-state index in [-0.39, 0.29) is 11.8 Å². The molecule has 0 bridgehead atoms. The number of benzene rings is 1. The summed E-state index contributed by atoms with van der Waals surface area (Å²) in [5.41, 5.74) is 0.745. The third-order valence-electron chi connectivity index (χ3n) is 6.81. The molecule has 32 heavy (non-hydrogen) atoms. The highest BCUT2D eigenvalue weighted by Gasteiger charge is 2.48. The van der Waals surface area contributed by atoms with Gasteiger partial charge in [0.05, 0.1) is 19.8 Å². The molecule has 2 amide bonds. The maximum atomic E-state index is 13.2. The number of amides is 2. The number of halogens is 1. The maximum Gasteiger partial charge on any atom is 0.254 e. The molecular weight excluding hydrogens is 432 g/mol. The van der Waals surface area contributed by atoms with Gasteiger partial charge in [-0.3, -0.25) is 9.59 Å². The molecule has 3 aliphatic heterocycles. The number of piperidine rings is 1. The molecule has 0 radical (unpaired) electrons. The van der Waals surface area contributed by atoms with Crippen LogP contribution in [0.15, 0.2) is 30.6 Å². The normalized spacial score (nSPS) is 22.6. The zero-order chi connectivity index (χ0) is 22.3. The Bertz CT molecular complexity index is 1020. The van der Waals surface area contributed by atoms with Crippen LogP contribution in [0.5, 0.6) is 0 Å². The van der Waals surface area contributed by atoms with Crippen LogP contribution in [0.3, 0.4) is 0 Å². The molecule has 9 heteroatoms. The maximum absolute atomic E-state index is 13.2. The Labute approximate surface area is 192 Å². The minimum Gasteiger partial charge on any atom is -0.378 e. The van der Waals surface area contributed by atoms with E-state index in [2.05, 4.69) is 4.98 Å². The van der Waals surface area contributed by atoms with E-state index >= 15 is 0 Å². The summed E-state index contributed by atoms with van der Waals surface area (Å²) >= 11 is 6.22. The molecule has 2 fully saturated rings. The summed E-state index contributed by atoms with van der Waals surface area (Å²) in [5.74, 6) is 0.814. The fourth-order valence-electron chi connectivity index (χ4n) is 4.93. The van der Waals surface area contributed by atoms with Gasteiger partial charge in [0.1, 0.15) is 11.4 Å². The van der Waals surface area contributed by atoms with E-state index in [0.717, 1.165) is 11.4 Å². The predicted molar refractivity (Wildman–Crippen MR) is 118 cm³/mol. The lowest BCUT2D eigenvalue weighted by Gasteiger charge is -2.46. The number of rotatable bonds is 2. The highest BCUT2D eigenvalue weighted by Crippen LogP contribution is 2.40. The molecule has 1 spiro atoms. The Morgan fingerprint density at radius 2 is 1.88 bits per heavy atom. The molecular formula is C23H27ClN4O4. The number of carbonyl (C=O) groups is 2. The molecule has 5 rings (SSSR count). The van der Waals surface area contributed by atoms with Crippen molar-refractivity contribution in [3.8, 4) is 0 Å². The minimum absolute atomic E-state index is 0.0000770. The summed E-state index contributed by atoms with van der Waals surface area (Å²) < 4.78 is 13.9. The van der Waals surface area contributed by atoms with Crippen LogP contribution in [0.4, 0.5) is 0 Å². The molecule has 1 aromatic heterocycles. The highest BCUT2D eigenvalue weighted by molar-refractivity contribution is 6.31. The molecule has 0 aliphatic carbocycles. The lowest BCUT2D eigenvalue weighted by atomic mass is 9.88. The molecule has 2 aromatic rings. The number of carbonyl (C=O) groups excluding carboxylic acids is 2. The van der Waals surface area contributed by atoms with Crippen molar-refractivity contribution >= 4 is 23.4 Å². The largest absolute Gasteiger partial charge is 0.378 e. The van der Waals surface area contributed by atoms with E-state index in [1.54, 1.807) is 18.3 Å². The molecule has 3 aliphatic rings. The number of hydrogen-bond acceptors (Lipinski definition) is 5. The molecule has 4 heterocycles. The van der Waals surface area contributed by atoms with E-state index < -0.39 is 11.7 Å². The summed E-state index contributed by atoms with van der Waals surface area (Å²) in [6.07, 6.45) is 4.28. The van der Waals surface area contributed by atoms with Gasteiger partial charge in [0.25, 0.3) is 11.8 Å². The minimum atomic E-state index is -0.672. The Morgan fingerprint density at radius 3 is 2.62 bits per heavy atom. The van der Waals surface area contributed by atoms with Crippen LogP contribution >= 0.6 is 11.6 Å². The Kier molecular flexibility index (Phi) is 5.69. The van der Waals surface area contributed by atoms with Gasteiger partial charge in [0, 0.05) is 62.0 Å². The monoisotopic (exact) mass is 458 g/mol. The van der Waals surface area contributed by atoms with Gasteiger partial charge in [0.15, 0.2) is 6.10 Å². The van der Waals surface area contributed by atoms with Crippen LogP contribution in [0.1, 0.15) is 34.6 Å². The summed E-state index contributed by atoms with van der Waals surface area (Å²) in [4.78, 5) is 34.6. The van der Waals surface area contributed by atoms with Gasteiger partial charge < -0.3 is 23.8 Å². The van der Waals surface area contributed by atoms with Crippen LogP contribution < -0.4 is 0 Å². The lowest BCUT2D eigenvalue weighted by molar-refractivity contribution is -0.182. The number of aromatic nitrogens is 2. The average molecular weight is 459 g/mol. The zero-order valence-corrected chi connectivity index (χ0v) is 18.9. The van der Waals surface area contributed by atoms with E-state index in [1.165, 1.54) is 0 Å². The summed E-state index contributed by atoms with van der Waals surface area (Å²) in [5, 5.41) is 0.589. The number of hydrogen-bond donors (Lipinski definition) is 0. The van der Waals surface area contributed by atoms with Crippen molar-refractivity contribution in [3.05, 3.63) is 52.6 Å². The van der Waals surface area contributed by atoms with Crippen LogP contribution in [-0.2, 0) is 26.4 Å². The van der Waals surface area contributed by atoms with Gasteiger partial charge in [-0.2, -0.15) is 0 Å². The Balaban J connectivity index is 1.34. The number of nitrogens with zero attached hydrogens (tertiary/aromatic N) is 4. The standard InChI is InChI=1S/C23H27ClN4O4/c1-16-17(3-2-4-18(16)24)20(29)26-8-5-23(6-9-26)22-25-7-10-28(22)15-19(32-23)21(30)27-11-13-31-14-12-27/h2-4,7,10,19H,5-6,8-9,11-15H2,1H3. The van der Waals surface area contributed by atoms with Gasteiger partial charge in [-0.15, -0.1) is 0 Å². The average Bonchev–Trinajstić information content (AvgIpc) is 3.31. The molecule has 1 atom stereocenters. The smallest absolute Gasteiger partial charge is 0.254 e. The molecule has 1 unspecified atom stereocenters. The SMILES string of the molecule is Cc1c(Cl)cccc1C(=O)N1CCC2(CC1)OC(C(=O)N1CCOCC1)Cn1ccnc12. The summed E-state index contributed by atoms with van der Waals surface area (Å²) in [6, 6.07) is 5.41. The van der Waals surface area contributed by atoms with Gasteiger partial charge in [0.2, 0.25) is 0 Å². The quantitative estimate of drug-likeness (QED) is 0.689. The summed E-state index contributed by atoms with van der Waals surface area (Å²) in [6.45, 7) is 5.65. The van der Waals surface area contributed by atoms with Crippen LogP contribution in [0.2, 0.25) is 5.02 Å². The lowest BCUT2D eigenvalue weighted by Crippen LogP contribution is -2.56. The van der Waals surface area contributed by atoms with Crippen molar-refractivity contribution in [2.75, 3.05) is 39.4 Å². The topological polar surface area (TPSA) is 76.9 Å². The van der Waals surface area contributed by atoms with Crippen LogP contribution in [-0.4, -0.2) is 76.7 Å². The number of fused-ring (bicyclic) bond motifs is 2. The molecule has 1 aromatic carbocycles. The molecule has 2 saturated heterocycles. The molecule has 0 N–H and O–H groups in total. The van der Waals surface area contributed by atoms with Crippen LogP contribution in [0.25, 0.3) is 0 Å². The number of ether oxygens (including phenoxy) is 2. The second-order valence-corrected chi connectivity index (χ2v) is 9.05. The van der Waals surface area contributed by atoms with Gasteiger partial charge in [-0.05, 0) is 24.6 Å². The number of morpholine rings is 1. The van der Waals surface area contributed by atoms with Crippen molar-refractivity contribution in [2.45, 2.75) is 38.0 Å². The fourth-order valence-corrected chi connectivity index (χ4v) is 5.11.